The molecular weight excluding hydrogens is 380 g/mol. The Kier molecular flexibility index (Phi) is 21.0. The predicted molar refractivity (Wildman–Crippen MR) is 139 cm³/mol. The van der Waals surface area contributed by atoms with Crippen molar-refractivity contribution in [2.75, 3.05) is 6.61 Å². The van der Waals surface area contributed by atoms with Gasteiger partial charge in [0.1, 0.15) is 0 Å². The normalized spacial score (nSPS) is 18.0. The van der Waals surface area contributed by atoms with E-state index in [0.29, 0.717) is 0 Å². The van der Waals surface area contributed by atoms with Crippen LogP contribution in [0.25, 0.3) is 0 Å². The summed E-state index contributed by atoms with van der Waals surface area (Å²) in [5, 5.41) is 0. The lowest BCUT2D eigenvalue weighted by Crippen LogP contribution is -2.36. The van der Waals surface area contributed by atoms with Crippen molar-refractivity contribution in [3.05, 3.63) is 0 Å². The van der Waals surface area contributed by atoms with Crippen molar-refractivity contribution in [2.45, 2.75) is 173 Å². The molecule has 0 aromatic rings. The summed E-state index contributed by atoms with van der Waals surface area (Å²) in [4.78, 5) is 0. The average Bonchev–Trinajstić information content (AvgIpc) is 2.78. The van der Waals surface area contributed by atoms with Crippen molar-refractivity contribution >= 4 is 8.80 Å². The molecule has 0 aromatic carbocycles. The third-order valence-corrected chi connectivity index (χ3v) is 11.2. The molecule has 0 spiro atoms. The first-order valence-electron chi connectivity index (χ1n) is 14.5. The molecule has 0 saturated carbocycles. The quantitative estimate of drug-likeness (QED) is 0.121. The van der Waals surface area contributed by atoms with Crippen LogP contribution in [0.5, 0.6) is 0 Å². The van der Waals surface area contributed by atoms with Gasteiger partial charge in [0.25, 0.3) is 0 Å². The van der Waals surface area contributed by atoms with Gasteiger partial charge < -0.3 is 4.74 Å². The molecule has 2 unspecified atom stereocenters. The van der Waals surface area contributed by atoms with Gasteiger partial charge in [-0.3, -0.25) is 0 Å². The molecule has 1 aliphatic rings. The predicted octanol–water partition coefficient (Wildman–Crippen LogP) is 9.77. The molecule has 1 aliphatic heterocycles. The van der Waals surface area contributed by atoms with E-state index in [0.717, 1.165) is 12.3 Å². The average molecular weight is 439 g/mol. The van der Waals surface area contributed by atoms with Gasteiger partial charge in [0.05, 0.1) is 8.80 Å². The summed E-state index contributed by atoms with van der Waals surface area (Å²) in [5.41, 5.74) is 0.728. The molecule has 0 aliphatic carbocycles. The van der Waals surface area contributed by atoms with Crippen molar-refractivity contribution in [1.29, 1.82) is 0 Å². The van der Waals surface area contributed by atoms with E-state index in [1.54, 1.807) is 12.1 Å². The van der Waals surface area contributed by atoms with Crippen LogP contribution in [0.3, 0.4) is 0 Å². The molecule has 2 heteroatoms. The maximum Gasteiger partial charge on any atom is 0.0717 e. The molecule has 0 amide bonds. The van der Waals surface area contributed by atoms with Crippen LogP contribution in [0.15, 0.2) is 0 Å². The number of hydrogen-bond acceptors (Lipinski definition) is 1. The summed E-state index contributed by atoms with van der Waals surface area (Å²) in [7, 11) is -0.683. The van der Waals surface area contributed by atoms with Crippen molar-refractivity contribution in [3.8, 4) is 0 Å². The molecule has 0 aromatic heterocycles. The first-order chi connectivity index (χ1) is 14.9. The Morgan fingerprint density at radius 1 is 0.533 bits per heavy atom. The van der Waals surface area contributed by atoms with Gasteiger partial charge in [0.2, 0.25) is 0 Å². The summed E-state index contributed by atoms with van der Waals surface area (Å²) in [5.74, 6) is 0. The van der Waals surface area contributed by atoms with Gasteiger partial charge in [-0.2, -0.15) is 0 Å². The number of hydrogen-bond donors (Lipinski definition) is 0. The lowest BCUT2D eigenvalue weighted by molar-refractivity contribution is 0.0619. The first kappa shape index (κ1) is 28.2. The monoisotopic (exact) mass is 438 g/mol. The fourth-order valence-electron chi connectivity index (χ4n) is 5.26. The van der Waals surface area contributed by atoms with Crippen LogP contribution < -0.4 is 0 Å². The standard InChI is InChI=1S/C28H58OSi/c1-3-5-7-9-11-12-13-14-15-16-17-19-23-27-30(28-24-20-21-25-29-28)26-22-18-10-8-6-4-2/h28,30H,3-27H2,1-2H3. The second-order valence-electron chi connectivity index (χ2n) is 10.3. The highest BCUT2D eigenvalue weighted by Gasteiger charge is 2.25. The minimum absolute atomic E-state index is 0.683. The number of unbranched alkanes of at least 4 members (excludes halogenated alkanes) is 17. The lowest BCUT2D eigenvalue weighted by atomic mass is 10.1. The van der Waals surface area contributed by atoms with E-state index >= 15 is 0 Å². The van der Waals surface area contributed by atoms with Crippen molar-refractivity contribution in [1.82, 2.24) is 0 Å². The topological polar surface area (TPSA) is 9.23 Å². The third-order valence-electron chi connectivity index (χ3n) is 7.35. The SMILES string of the molecule is CCCCCCCCCCCCCCC[SiH](CCCCCCCC)C1CCCCO1. The Morgan fingerprint density at radius 2 is 0.933 bits per heavy atom. The maximum atomic E-state index is 6.26. The van der Waals surface area contributed by atoms with Gasteiger partial charge in [0.15, 0.2) is 0 Å². The molecule has 1 nitrogen and oxygen atoms in total. The van der Waals surface area contributed by atoms with Gasteiger partial charge in [-0.05, 0) is 19.3 Å². The molecule has 1 heterocycles. The van der Waals surface area contributed by atoms with Gasteiger partial charge in [0, 0.05) is 12.3 Å². The van der Waals surface area contributed by atoms with E-state index in [4.69, 9.17) is 4.74 Å². The molecule has 1 rings (SSSR count). The smallest absolute Gasteiger partial charge is 0.0717 e. The first-order valence-corrected chi connectivity index (χ1v) is 16.8. The zero-order valence-electron chi connectivity index (χ0n) is 21.2. The largest absolute Gasteiger partial charge is 0.382 e. The van der Waals surface area contributed by atoms with Gasteiger partial charge >= 0.3 is 0 Å². The van der Waals surface area contributed by atoms with Gasteiger partial charge in [-0.1, -0.05) is 148 Å². The van der Waals surface area contributed by atoms with Gasteiger partial charge in [-0.15, -0.1) is 0 Å². The molecule has 0 N–H and O–H groups in total. The molecule has 30 heavy (non-hydrogen) atoms. The van der Waals surface area contributed by atoms with Crippen LogP contribution in [0, 0.1) is 0 Å². The van der Waals surface area contributed by atoms with Gasteiger partial charge in [-0.25, -0.2) is 0 Å². The van der Waals surface area contributed by atoms with E-state index in [2.05, 4.69) is 13.8 Å². The molecule has 1 fully saturated rings. The number of rotatable bonds is 22. The fourth-order valence-corrected chi connectivity index (χ4v) is 9.04. The van der Waals surface area contributed by atoms with Crippen LogP contribution in [0.1, 0.15) is 155 Å². The van der Waals surface area contributed by atoms with Crippen molar-refractivity contribution in [2.24, 2.45) is 0 Å². The Labute approximate surface area is 193 Å². The Hall–Kier alpha value is 0.177. The highest BCUT2D eigenvalue weighted by molar-refractivity contribution is 6.60. The second kappa shape index (κ2) is 22.4. The van der Waals surface area contributed by atoms with Crippen LogP contribution in [-0.2, 0) is 4.74 Å². The summed E-state index contributed by atoms with van der Waals surface area (Å²) in [6.45, 7) is 5.68. The highest BCUT2D eigenvalue weighted by atomic mass is 28.3. The zero-order chi connectivity index (χ0) is 21.5. The van der Waals surface area contributed by atoms with E-state index in [1.165, 1.54) is 141 Å². The van der Waals surface area contributed by atoms with Crippen LogP contribution in [0.4, 0.5) is 0 Å². The molecule has 0 bridgehead atoms. The van der Waals surface area contributed by atoms with E-state index in [-0.39, 0.29) is 0 Å². The summed E-state index contributed by atoms with van der Waals surface area (Å²) >= 11 is 0. The highest BCUT2D eigenvalue weighted by Crippen LogP contribution is 2.24. The van der Waals surface area contributed by atoms with Crippen LogP contribution >= 0.6 is 0 Å². The van der Waals surface area contributed by atoms with Crippen molar-refractivity contribution in [3.63, 3.8) is 0 Å². The zero-order valence-corrected chi connectivity index (χ0v) is 22.4. The molecule has 0 radical (unpaired) electrons. The molecule has 1 saturated heterocycles. The van der Waals surface area contributed by atoms with Crippen LogP contribution in [-0.4, -0.2) is 21.1 Å². The summed E-state index contributed by atoms with van der Waals surface area (Å²) < 4.78 is 6.26. The number of ether oxygens (including phenoxy) is 1. The second-order valence-corrected chi connectivity index (χ2v) is 13.7. The fraction of sp³-hybridized carbons (Fsp3) is 1.00. The lowest BCUT2D eigenvalue weighted by Gasteiger charge is -2.30. The third kappa shape index (κ3) is 16.8. The minimum atomic E-state index is -0.683. The molecule has 2 atom stereocenters. The Bertz CT molecular complexity index is 327. The summed E-state index contributed by atoms with van der Waals surface area (Å²) in [6.07, 6.45) is 32.0. The van der Waals surface area contributed by atoms with E-state index < -0.39 is 8.80 Å². The molecule has 180 valence electrons. The van der Waals surface area contributed by atoms with E-state index in [1.807, 2.05) is 0 Å². The van der Waals surface area contributed by atoms with Crippen molar-refractivity contribution < 1.29 is 4.74 Å². The maximum absolute atomic E-state index is 6.26. The minimum Gasteiger partial charge on any atom is -0.382 e. The molecular formula is C28H58OSi. The summed E-state index contributed by atoms with van der Waals surface area (Å²) in [6, 6.07) is 3.13. The van der Waals surface area contributed by atoms with E-state index in [9.17, 15) is 0 Å². The van der Waals surface area contributed by atoms with Crippen LogP contribution in [0.2, 0.25) is 12.1 Å². The Balaban J connectivity index is 2.00. The Morgan fingerprint density at radius 3 is 1.30 bits per heavy atom.